The second kappa shape index (κ2) is 5.01. The number of carboxylic acid groups (broad SMARTS) is 1. The summed E-state index contributed by atoms with van der Waals surface area (Å²) < 4.78 is 1.50. The minimum Gasteiger partial charge on any atom is -0.478 e. The molecule has 0 radical (unpaired) electrons. The Morgan fingerprint density at radius 1 is 1.24 bits per heavy atom. The molecule has 0 saturated carbocycles. The zero-order valence-electron chi connectivity index (χ0n) is 11.8. The normalized spacial score (nSPS) is 11.2. The molecule has 3 aromatic rings. The van der Waals surface area contributed by atoms with Gasteiger partial charge >= 0.3 is 5.97 Å². The van der Waals surface area contributed by atoms with Gasteiger partial charge in [0.05, 0.1) is 11.3 Å². The lowest BCUT2D eigenvalue weighted by molar-refractivity contribution is 0.0695. The first kappa shape index (κ1) is 13.3. The average molecular weight is 281 g/mol. The first-order valence-electron chi connectivity index (χ1n) is 6.73. The molecule has 0 bridgehead atoms. The first-order valence-corrected chi connectivity index (χ1v) is 6.73. The molecule has 1 N–H and O–H groups in total. The van der Waals surface area contributed by atoms with Gasteiger partial charge < -0.3 is 5.11 Å². The molecule has 5 heteroatoms. The van der Waals surface area contributed by atoms with Crippen LogP contribution < -0.4 is 0 Å². The molecule has 0 aliphatic heterocycles. The number of benzene rings is 1. The van der Waals surface area contributed by atoms with Gasteiger partial charge in [-0.3, -0.25) is 0 Å². The van der Waals surface area contributed by atoms with Crippen LogP contribution in [-0.2, 0) is 0 Å². The van der Waals surface area contributed by atoms with Gasteiger partial charge in [-0.15, -0.1) is 0 Å². The van der Waals surface area contributed by atoms with Crippen molar-refractivity contribution >= 4 is 11.6 Å². The van der Waals surface area contributed by atoms with E-state index in [1.807, 2.05) is 18.2 Å². The van der Waals surface area contributed by atoms with Crippen LogP contribution in [0.25, 0.3) is 16.9 Å². The Kier molecular flexibility index (Phi) is 3.17. The van der Waals surface area contributed by atoms with Gasteiger partial charge in [0.15, 0.2) is 5.65 Å². The second-order valence-corrected chi connectivity index (χ2v) is 5.26. The van der Waals surface area contributed by atoms with Crippen molar-refractivity contribution in [2.45, 2.75) is 19.8 Å². The van der Waals surface area contributed by atoms with E-state index < -0.39 is 5.97 Å². The molecule has 0 spiro atoms. The van der Waals surface area contributed by atoms with Gasteiger partial charge in [0.1, 0.15) is 0 Å². The van der Waals surface area contributed by atoms with E-state index in [2.05, 4.69) is 36.1 Å². The molecule has 21 heavy (non-hydrogen) atoms. The third-order valence-corrected chi connectivity index (χ3v) is 3.43. The zero-order valence-corrected chi connectivity index (χ0v) is 11.8. The molecule has 106 valence electrons. The summed E-state index contributed by atoms with van der Waals surface area (Å²) in [5.41, 5.74) is 3.78. The second-order valence-electron chi connectivity index (χ2n) is 5.26. The van der Waals surface area contributed by atoms with Crippen LogP contribution in [0.2, 0.25) is 0 Å². The number of carbonyl (C=O) groups is 1. The van der Waals surface area contributed by atoms with Crippen LogP contribution in [0.4, 0.5) is 0 Å². The van der Waals surface area contributed by atoms with Crippen LogP contribution in [0.1, 0.15) is 35.7 Å². The lowest BCUT2D eigenvalue weighted by Crippen LogP contribution is -2.00. The van der Waals surface area contributed by atoms with Crippen molar-refractivity contribution in [1.82, 2.24) is 14.6 Å². The van der Waals surface area contributed by atoms with Crippen LogP contribution >= 0.6 is 0 Å². The van der Waals surface area contributed by atoms with Crippen molar-refractivity contribution in [3.05, 3.63) is 53.9 Å². The third-order valence-electron chi connectivity index (χ3n) is 3.43. The summed E-state index contributed by atoms with van der Waals surface area (Å²) in [6, 6.07) is 10.1. The Balaban J connectivity index is 2.02. The van der Waals surface area contributed by atoms with Gasteiger partial charge in [-0.25, -0.2) is 14.3 Å². The molecular formula is C16H15N3O2. The minimum atomic E-state index is -1.01. The van der Waals surface area contributed by atoms with Gasteiger partial charge in [0.25, 0.3) is 0 Å². The summed E-state index contributed by atoms with van der Waals surface area (Å²) in [5.74, 6) is -0.525. The fraction of sp³-hybridized carbons (Fsp3) is 0.188. The SMILES string of the molecule is CC(C)c1ccc(-c2cc3ncc(C(=O)O)cn3n2)cc1. The highest BCUT2D eigenvalue weighted by Crippen LogP contribution is 2.22. The molecule has 3 rings (SSSR count). The zero-order chi connectivity index (χ0) is 15.0. The average Bonchev–Trinajstić information content (AvgIpc) is 2.90. The maximum Gasteiger partial charge on any atom is 0.338 e. The fourth-order valence-electron chi connectivity index (χ4n) is 2.17. The van der Waals surface area contributed by atoms with Crippen molar-refractivity contribution < 1.29 is 9.90 Å². The van der Waals surface area contributed by atoms with Crippen LogP contribution in [0.3, 0.4) is 0 Å². The van der Waals surface area contributed by atoms with Crippen LogP contribution in [0.5, 0.6) is 0 Å². The van der Waals surface area contributed by atoms with E-state index in [9.17, 15) is 4.79 Å². The molecule has 0 aliphatic carbocycles. The summed E-state index contributed by atoms with van der Waals surface area (Å²) >= 11 is 0. The van der Waals surface area contributed by atoms with Gasteiger partial charge in [-0.05, 0) is 11.5 Å². The van der Waals surface area contributed by atoms with Gasteiger partial charge in [-0.2, -0.15) is 5.10 Å². The maximum atomic E-state index is 10.9. The van der Waals surface area contributed by atoms with E-state index in [1.165, 1.54) is 22.5 Å². The smallest absolute Gasteiger partial charge is 0.338 e. The summed E-state index contributed by atoms with van der Waals surface area (Å²) in [5, 5.41) is 13.4. The summed E-state index contributed by atoms with van der Waals surface area (Å²) in [6.45, 7) is 4.30. The highest BCUT2D eigenvalue weighted by Gasteiger charge is 2.09. The Bertz CT molecular complexity index is 804. The van der Waals surface area contributed by atoms with E-state index in [0.717, 1.165) is 11.3 Å². The molecule has 1 aromatic carbocycles. The summed E-state index contributed by atoms with van der Waals surface area (Å²) in [7, 11) is 0. The number of aromatic carboxylic acids is 1. The Hall–Kier alpha value is -2.69. The lowest BCUT2D eigenvalue weighted by Gasteiger charge is -2.05. The highest BCUT2D eigenvalue weighted by molar-refractivity contribution is 5.87. The van der Waals surface area contributed by atoms with Crippen LogP contribution in [0, 0.1) is 0 Å². The first-order chi connectivity index (χ1) is 10.0. The Morgan fingerprint density at radius 3 is 2.57 bits per heavy atom. The Morgan fingerprint density at radius 2 is 1.95 bits per heavy atom. The van der Waals surface area contributed by atoms with E-state index >= 15 is 0 Å². The largest absolute Gasteiger partial charge is 0.478 e. The van der Waals surface area contributed by atoms with Gasteiger partial charge in [0.2, 0.25) is 0 Å². The molecule has 0 saturated heterocycles. The van der Waals surface area contributed by atoms with Crippen molar-refractivity contribution in [3.63, 3.8) is 0 Å². The van der Waals surface area contributed by atoms with E-state index in [0.29, 0.717) is 11.6 Å². The molecule has 2 heterocycles. The van der Waals surface area contributed by atoms with Gasteiger partial charge in [0, 0.05) is 24.0 Å². The van der Waals surface area contributed by atoms with E-state index in [-0.39, 0.29) is 5.56 Å². The van der Waals surface area contributed by atoms with E-state index in [1.54, 1.807) is 0 Å². The third kappa shape index (κ3) is 2.50. The van der Waals surface area contributed by atoms with Crippen LogP contribution in [-0.4, -0.2) is 25.7 Å². The van der Waals surface area contributed by atoms with Crippen molar-refractivity contribution in [2.75, 3.05) is 0 Å². The minimum absolute atomic E-state index is 0.118. The lowest BCUT2D eigenvalue weighted by atomic mass is 10.0. The number of nitrogens with zero attached hydrogens (tertiary/aromatic N) is 3. The van der Waals surface area contributed by atoms with E-state index in [4.69, 9.17) is 5.11 Å². The number of rotatable bonds is 3. The fourth-order valence-corrected chi connectivity index (χ4v) is 2.17. The van der Waals surface area contributed by atoms with Crippen molar-refractivity contribution in [3.8, 4) is 11.3 Å². The molecular weight excluding hydrogens is 266 g/mol. The van der Waals surface area contributed by atoms with Crippen LogP contribution in [0.15, 0.2) is 42.7 Å². The number of hydrogen-bond acceptors (Lipinski definition) is 3. The molecule has 0 amide bonds. The standard InChI is InChI=1S/C16H15N3O2/c1-10(2)11-3-5-12(6-4-11)14-7-15-17-8-13(16(20)21)9-19(15)18-14/h3-10H,1-2H3,(H,20,21). The monoisotopic (exact) mass is 281 g/mol. The number of carboxylic acids is 1. The predicted molar refractivity (Wildman–Crippen MR) is 79.5 cm³/mol. The molecule has 0 unspecified atom stereocenters. The number of fused-ring (bicyclic) bond motifs is 1. The molecule has 0 atom stereocenters. The predicted octanol–water partition coefficient (Wildman–Crippen LogP) is 3.22. The molecule has 2 aromatic heterocycles. The van der Waals surface area contributed by atoms with Gasteiger partial charge in [-0.1, -0.05) is 38.1 Å². The topological polar surface area (TPSA) is 67.5 Å². The molecule has 0 fully saturated rings. The number of aromatic nitrogens is 3. The van der Waals surface area contributed by atoms with Crippen molar-refractivity contribution in [1.29, 1.82) is 0 Å². The highest BCUT2D eigenvalue weighted by atomic mass is 16.4. The molecule has 5 nitrogen and oxygen atoms in total. The quantitative estimate of drug-likeness (QED) is 0.800. The summed E-state index contributed by atoms with van der Waals surface area (Å²) in [6.07, 6.45) is 2.81. The Labute approximate surface area is 121 Å². The number of hydrogen-bond donors (Lipinski definition) is 1. The van der Waals surface area contributed by atoms with Crippen molar-refractivity contribution in [2.24, 2.45) is 0 Å². The molecule has 0 aliphatic rings. The maximum absolute atomic E-state index is 10.9. The summed E-state index contributed by atoms with van der Waals surface area (Å²) in [4.78, 5) is 15.1.